The van der Waals surface area contributed by atoms with Gasteiger partial charge >= 0.3 is 6.18 Å². The van der Waals surface area contributed by atoms with Crippen molar-refractivity contribution in [2.45, 2.75) is 6.18 Å². The second-order valence-corrected chi connectivity index (χ2v) is 4.75. The highest BCUT2D eigenvalue weighted by atomic mass is 19.4. The molecule has 23 heavy (non-hydrogen) atoms. The summed E-state index contributed by atoms with van der Waals surface area (Å²) < 4.78 is 39.6. The quantitative estimate of drug-likeness (QED) is 0.780. The molecule has 0 atom stereocenters. The van der Waals surface area contributed by atoms with Crippen LogP contribution in [0.3, 0.4) is 0 Å². The first-order valence-corrected chi connectivity index (χ1v) is 6.64. The number of amides is 1. The van der Waals surface area contributed by atoms with Gasteiger partial charge in [0.2, 0.25) is 0 Å². The molecule has 0 aliphatic rings. The van der Waals surface area contributed by atoms with Gasteiger partial charge in [-0.05, 0) is 30.3 Å². The minimum Gasteiger partial charge on any atom is -0.322 e. The second kappa shape index (κ2) is 5.68. The fourth-order valence-corrected chi connectivity index (χ4v) is 2.11. The largest absolute Gasteiger partial charge is 0.434 e. The Balaban J connectivity index is 2.09. The summed E-state index contributed by atoms with van der Waals surface area (Å²) in [5.41, 5.74) is -1.45. The van der Waals surface area contributed by atoms with Crippen LogP contribution in [0.1, 0.15) is 16.1 Å². The van der Waals surface area contributed by atoms with E-state index < -0.39 is 23.3 Å². The van der Waals surface area contributed by atoms with Crippen molar-refractivity contribution in [1.29, 1.82) is 0 Å². The van der Waals surface area contributed by atoms with Crippen molar-refractivity contribution in [1.82, 2.24) is 9.97 Å². The molecule has 0 saturated heterocycles. The molecule has 4 nitrogen and oxygen atoms in total. The molecule has 116 valence electrons. The van der Waals surface area contributed by atoms with Crippen LogP contribution in [-0.4, -0.2) is 15.9 Å². The molecule has 7 heteroatoms. The number of carbonyl (C=O) groups excluding carboxylic acids is 1. The maximum atomic E-state index is 13.2. The number of nitrogens with zero attached hydrogens (tertiary/aromatic N) is 2. The summed E-state index contributed by atoms with van der Waals surface area (Å²) in [6, 6.07) is 12.5. The molecule has 0 saturated carbocycles. The monoisotopic (exact) mass is 317 g/mol. The zero-order valence-electron chi connectivity index (χ0n) is 11.6. The van der Waals surface area contributed by atoms with Crippen LogP contribution in [0.15, 0.2) is 54.7 Å². The molecule has 1 amide bonds. The lowest BCUT2D eigenvalue weighted by molar-refractivity contribution is -0.141. The summed E-state index contributed by atoms with van der Waals surface area (Å²) in [6.07, 6.45) is -3.41. The van der Waals surface area contributed by atoms with E-state index >= 15 is 0 Å². The topological polar surface area (TPSA) is 54.9 Å². The Morgan fingerprint density at radius 1 is 1.04 bits per heavy atom. The number of hydrogen-bond donors (Lipinski definition) is 1. The average Bonchev–Trinajstić information content (AvgIpc) is 2.53. The number of nitrogens with one attached hydrogen (secondary N) is 1. The second-order valence-electron chi connectivity index (χ2n) is 4.75. The molecule has 0 bridgehead atoms. The minimum absolute atomic E-state index is 0.0592. The zero-order chi connectivity index (χ0) is 16.4. The number of alkyl halides is 3. The van der Waals surface area contributed by atoms with Gasteiger partial charge in [-0.25, -0.2) is 9.97 Å². The van der Waals surface area contributed by atoms with Gasteiger partial charge in [0.05, 0.1) is 5.56 Å². The number of anilines is 1. The van der Waals surface area contributed by atoms with Crippen molar-refractivity contribution in [3.63, 3.8) is 0 Å². The lowest BCUT2D eigenvalue weighted by atomic mass is 10.1. The first-order chi connectivity index (χ1) is 10.9. The summed E-state index contributed by atoms with van der Waals surface area (Å²) in [5, 5.41) is 2.80. The highest BCUT2D eigenvalue weighted by Crippen LogP contribution is 2.32. The summed E-state index contributed by atoms with van der Waals surface area (Å²) >= 11 is 0. The SMILES string of the molecule is O=C(Nc1ccccc1)c1cc2cccnc2nc1C(F)(F)F. The van der Waals surface area contributed by atoms with Crippen LogP contribution in [0.4, 0.5) is 18.9 Å². The van der Waals surface area contributed by atoms with Gasteiger partial charge in [0.1, 0.15) is 0 Å². The fourth-order valence-electron chi connectivity index (χ4n) is 2.11. The maximum absolute atomic E-state index is 13.2. The van der Waals surface area contributed by atoms with Gasteiger partial charge in [0.15, 0.2) is 11.3 Å². The van der Waals surface area contributed by atoms with Crippen molar-refractivity contribution >= 4 is 22.6 Å². The van der Waals surface area contributed by atoms with E-state index in [9.17, 15) is 18.0 Å². The van der Waals surface area contributed by atoms with Gasteiger partial charge in [-0.2, -0.15) is 13.2 Å². The Kier molecular flexibility index (Phi) is 3.69. The minimum atomic E-state index is -4.75. The van der Waals surface area contributed by atoms with Crippen LogP contribution in [-0.2, 0) is 6.18 Å². The number of pyridine rings is 2. The third kappa shape index (κ3) is 3.13. The molecule has 0 unspecified atom stereocenters. The highest BCUT2D eigenvalue weighted by Gasteiger charge is 2.37. The molecule has 2 aromatic heterocycles. The molecule has 2 heterocycles. The van der Waals surface area contributed by atoms with E-state index in [4.69, 9.17) is 0 Å². The predicted octanol–water partition coefficient (Wildman–Crippen LogP) is 3.90. The number of rotatable bonds is 2. The first-order valence-electron chi connectivity index (χ1n) is 6.64. The zero-order valence-corrected chi connectivity index (χ0v) is 11.6. The van der Waals surface area contributed by atoms with Gasteiger partial charge in [-0.3, -0.25) is 4.79 Å². The van der Waals surface area contributed by atoms with Crippen LogP contribution in [0, 0.1) is 0 Å². The Bertz CT molecular complexity index is 863. The van der Waals surface area contributed by atoms with Gasteiger partial charge in [-0.1, -0.05) is 18.2 Å². The van der Waals surface area contributed by atoms with E-state index in [0.717, 1.165) is 6.07 Å². The number of halogens is 3. The Hall–Kier alpha value is -2.96. The number of para-hydroxylation sites is 1. The van der Waals surface area contributed by atoms with E-state index in [2.05, 4.69) is 15.3 Å². The van der Waals surface area contributed by atoms with Gasteiger partial charge in [-0.15, -0.1) is 0 Å². The number of aromatic nitrogens is 2. The maximum Gasteiger partial charge on any atom is 0.434 e. The molecule has 1 N–H and O–H groups in total. The van der Waals surface area contributed by atoms with E-state index in [1.54, 1.807) is 42.5 Å². The van der Waals surface area contributed by atoms with Crippen LogP contribution in [0.25, 0.3) is 11.0 Å². The average molecular weight is 317 g/mol. The molecule has 1 aromatic carbocycles. The Labute approximate surface area is 129 Å². The molecule has 0 aliphatic heterocycles. The van der Waals surface area contributed by atoms with E-state index in [-0.39, 0.29) is 5.65 Å². The number of benzene rings is 1. The normalized spacial score (nSPS) is 11.4. The smallest absolute Gasteiger partial charge is 0.322 e. The lowest BCUT2D eigenvalue weighted by Crippen LogP contribution is -2.20. The molecule has 0 spiro atoms. The van der Waals surface area contributed by atoms with Gasteiger partial charge in [0, 0.05) is 17.3 Å². The summed E-state index contributed by atoms with van der Waals surface area (Å²) in [6.45, 7) is 0. The summed E-state index contributed by atoms with van der Waals surface area (Å²) in [7, 11) is 0. The molecule has 3 aromatic rings. The van der Waals surface area contributed by atoms with Gasteiger partial charge < -0.3 is 5.32 Å². The molecule has 0 fully saturated rings. The van der Waals surface area contributed by atoms with Crippen LogP contribution >= 0.6 is 0 Å². The third-order valence-electron chi connectivity index (χ3n) is 3.13. The fraction of sp³-hybridized carbons (Fsp3) is 0.0625. The standard InChI is InChI=1S/C16H10F3N3O/c17-16(18,19)13-12(9-10-5-4-8-20-14(10)22-13)15(23)21-11-6-2-1-3-7-11/h1-9H,(H,21,23). The Morgan fingerprint density at radius 3 is 2.48 bits per heavy atom. The highest BCUT2D eigenvalue weighted by molar-refractivity contribution is 6.06. The van der Waals surface area contributed by atoms with Gasteiger partial charge in [0.25, 0.3) is 5.91 Å². The third-order valence-corrected chi connectivity index (χ3v) is 3.13. The van der Waals surface area contributed by atoms with E-state index in [0.29, 0.717) is 11.1 Å². The van der Waals surface area contributed by atoms with Crippen LogP contribution in [0.2, 0.25) is 0 Å². The number of fused-ring (bicyclic) bond motifs is 1. The van der Waals surface area contributed by atoms with Crippen molar-refractivity contribution in [2.24, 2.45) is 0 Å². The number of carbonyl (C=O) groups is 1. The molecule has 0 radical (unpaired) electrons. The summed E-state index contributed by atoms with van der Waals surface area (Å²) in [5.74, 6) is -0.873. The lowest BCUT2D eigenvalue weighted by Gasteiger charge is -2.13. The van der Waals surface area contributed by atoms with Crippen molar-refractivity contribution in [3.05, 3.63) is 66.0 Å². The van der Waals surface area contributed by atoms with E-state index in [1.807, 2.05) is 0 Å². The summed E-state index contributed by atoms with van der Waals surface area (Å²) in [4.78, 5) is 19.6. The van der Waals surface area contributed by atoms with Crippen molar-refractivity contribution < 1.29 is 18.0 Å². The van der Waals surface area contributed by atoms with Crippen molar-refractivity contribution in [3.8, 4) is 0 Å². The molecule has 3 rings (SSSR count). The molecular formula is C16H10F3N3O. The Morgan fingerprint density at radius 2 is 1.78 bits per heavy atom. The molecule has 0 aliphatic carbocycles. The molecular weight excluding hydrogens is 307 g/mol. The van der Waals surface area contributed by atoms with Crippen LogP contribution in [0.5, 0.6) is 0 Å². The van der Waals surface area contributed by atoms with E-state index in [1.165, 1.54) is 6.20 Å². The predicted molar refractivity (Wildman–Crippen MR) is 78.9 cm³/mol. The number of hydrogen-bond acceptors (Lipinski definition) is 3. The first kappa shape index (κ1) is 15.0. The van der Waals surface area contributed by atoms with Crippen LogP contribution < -0.4 is 5.32 Å². The van der Waals surface area contributed by atoms with Crippen molar-refractivity contribution in [2.75, 3.05) is 5.32 Å².